The van der Waals surface area contributed by atoms with Gasteiger partial charge in [0.25, 0.3) is 0 Å². The molecular formula is C5H9Cl3O. The highest BCUT2D eigenvalue weighted by atomic mass is 35.5. The lowest BCUT2D eigenvalue weighted by atomic mass is 10.2. The summed E-state index contributed by atoms with van der Waals surface area (Å²) in [5, 5.41) is 8.44. The molecular weight excluding hydrogens is 182 g/mol. The minimum atomic E-state index is -0.693. The van der Waals surface area contributed by atoms with E-state index >= 15 is 0 Å². The highest BCUT2D eigenvalue weighted by Gasteiger charge is 2.20. The Morgan fingerprint density at radius 1 is 1.33 bits per heavy atom. The molecule has 9 heavy (non-hydrogen) atoms. The third-order valence-electron chi connectivity index (χ3n) is 1.03. The molecule has 56 valence electrons. The average Bonchev–Trinajstić information content (AvgIpc) is 1.84. The summed E-state index contributed by atoms with van der Waals surface area (Å²) in [4.78, 5) is -0.693. The van der Waals surface area contributed by atoms with E-state index < -0.39 is 16.3 Å². The van der Waals surface area contributed by atoms with Crippen LogP contribution >= 0.6 is 34.8 Å². The number of halogens is 3. The fourth-order valence-corrected chi connectivity index (χ4v) is 0.907. The third kappa shape index (κ3) is 3.51. The summed E-state index contributed by atoms with van der Waals surface area (Å²) in [6, 6.07) is 0. The first-order valence-electron chi connectivity index (χ1n) is 2.69. The van der Waals surface area contributed by atoms with E-state index in [2.05, 4.69) is 0 Å². The largest absolute Gasteiger partial charge is 0.391 e. The van der Waals surface area contributed by atoms with E-state index in [4.69, 9.17) is 39.9 Å². The second-order valence-corrected chi connectivity index (χ2v) is 3.42. The van der Waals surface area contributed by atoms with E-state index in [1.165, 1.54) is 0 Å². The molecule has 0 heterocycles. The second-order valence-electron chi connectivity index (χ2n) is 1.75. The molecule has 0 aromatic carbocycles. The summed E-state index contributed by atoms with van der Waals surface area (Å²) in [5.41, 5.74) is 0. The summed E-state index contributed by atoms with van der Waals surface area (Å²) < 4.78 is 0. The van der Waals surface area contributed by atoms with Crippen LogP contribution in [0.15, 0.2) is 0 Å². The third-order valence-corrected chi connectivity index (χ3v) is 2.37. The van der Waals surface area contributed by atoms with E-state index in [1.54, 1.807) is 0 Å². The quantitative estimate of drug-likeness (QED) is 0.678. The zero-order valence-corrected chi connectivity index (χ0v) is 7.29. The van der Waals surface area contributed by atoms with Crippen molar-refractivity contribution in [2.75, 3.05) is 0 Å². The van der Waals surface area contributed by atoms with Crippen LogP contribution in [0.1, 0.15) is 13.3 Å². The molecule has 0 aliphatic heterocycles. The molecule has 0 saturated carbocycles. The second kappa shape index (κ2) is 4.62. The molecule has 0 amide bonds. The van der Waals surface area contributed by atoms with Gasteiger partial charge < -0.3 is 5.11 Å². The molecule has 4 heteroatoms. The number of alkyl halides is 3. The fraction of sp³-hybridized carbons (Fsp3) is 1.00. The minimum absolute atomic E-state index is 0.557. The van der Waals surface area contributed by atoms with Gasteiger partial charge >= 0.3 is 0 Å². The summed E-state index contributed by atoms with van der Waals surface area (Å²) in [6.45, 7) is 1.82. The van der Waals surface area contributed by atoms with Gasteiger partial charge in [0.05, 0.1) is 11.5 Å². The fourth-order valence-electron chi connectivity index (χ4n) is 0.393. The van der Waals surface area contributed by atoms with Gasteiger partial charge in [0.2, 0.25) is 0 Å². The molecule has 0 radical (unpaired) electrons. The summed E-state index contributed by atoms with van der Waals surface area (Å²) in [5.74, 6) is 0. The minimum Gasteiger partial charge on any atom is -0.391 e. The van der Waals surface area contributed by atoms with Crippen LogP contribution in [0, 0.1) is 0 Å². The van der Waals surface area contributed by atoms with Gasteiger partial charge in [0.15, 0.2) is 0 Å². The molecule has 0 rings (SSSR count). The van der Waals surface area contributed by atoms with E-state index in [-0.39, 0.29) is 0 Å². The number of hydrogen-bond acceptors (Lipinski definition) is 1. The summed E-state index contributed by atoms with van der Waals surface area (Å²) in [7, 11) is 0. The number of aliphatic hydroxyl groups excluding tert-OH is 1. The van der Waals surface area contributed by atoms with E-state index in [0.29, 0.717) is 6.42 Å². The maximum absolute atomic E-state index is 9.00. The van der Waals surface area contributed by atoms with E-state index in [1.807, 2.05) is 6.92 Å². The number of hydrogen-bond donors (Lipinski definition) is 1. The standard InChI is InChI=1S/C5H9Cl3O/c1-2-3(9)4(6)5(7)8/h3-5,9H,2H2,1H3. The van der Waals surface area contributed by atoms with Crippen molar-refractivity contribution in [3.63, 3.8) is 0 Å². The molecule has 0 aromatic heterocycles. The van der Waals surface area contributed by atoms with Crippen LogP contribution in [0.3, 0.4) is 0 Å². The first-order chi connectivity index (χ1) is 4.09. The number of rotatable bonds is 3. The van der Waals surface area contributed by atoms with Crippen LogP contribution in [0.2, 0.25) is 0 Å². The van der Waals surface area contributed by atoms with Gasteiger partial charge in [-0.3, -0.25) is 0 Å². The van der Waals surface area contributed by atoms with E-state index in [9.17, 15) is 0 Å². The van der Waals surface area contributed by atoms with Gasteiger partial charge in [-0.05, 0) is 6.42 Å². The van der Waals surface area contributed by atoms with Gasteiger partial charge in [-0.1, -0.05) is 6.92 Å². The van der Waals surface area contributed by atoms with Gasteiger partial charge in [-0.25, -0.2) is 0 Å². The van der Waals surface area contributed by atoms with Crippen LogP contribution in [-0.2, 0) is 0 Å². The molecule has 0 aromatic rings. The summed E-state index contributed by atoms with van der Waals surface area (Å²) in [6.07, 6.45) is -0.0314. The Hall–Kier alpha value is 0.830. The van der Waals surface area contributed by atoms with Crippen LogP contribution in [-0.4, -0.2) is 21.4 Å². The van der Waals surface area contributed by atoms with Gasteiger partial charge in [-0.2, -0.15) is 0 Å². The Morgan fingerprint density at radius 2 is 1.78 bits per heavy atom. The molecule has 0 aliphatic carbocycles. The Kier molecular flexibility index (Phi) is 5.04. The molecule has 0 spiro atoms. The van der Waals surface area contributed by atoms with Crippen LogP contribution in [0.4, 0.5) is 0 Å². The number of aliphatic hydroxyl groups is 1. The van der Waals surface area contributed by atoms with Crippen molar-refractivity contribution in [3.8, 4) is 0 Å². The first kappa shape index (κ1) is 9.83. The van der Waals surface area contributed by atoms with Crippen molar-refractivity contribution in [1.29, 1.82) is 0 Å². The SMILES string of the molecule is CCC(O)C(Cl)C(Cl)Cl. The van der Waals surface area contributed by atoms with Crippen LogP contribution in [0.25, 0.3) is 0 Å². The first-order valence-corrected chi connectivity index (χ1v) is 4.00. The van der Waals surface area contributed by atoms with E-state index in [0.717, 1.165) is 0 Å². The molecule has 0 bridgehead atoms. The lowest BCUT2D eigenvalue weighted by Gasteiger charge is -2.14. The highest BCUT2D eigenvalue weighted by molar-refractivity contribution is 6.48. The predicted molar refractivity (Wildman–Crippen MR) is 41.4 cm³/mol. The summed E-state index contributed by atoms with van der Waals surface area (Å²) >= 11 is 16.3. The Morgan fingerprint density at radius 3 is 1.89 bits per heavy atom. The molecule has 1 N–H and O–H groups in total. The monoisotopic (exact) mass is 190 g/mol. The highest BCUT2D eigenvalue weighted by Crippen LogP contribution is 2.18. The van der Waals surface area contributed by atoms with Gasteiger partial charge in [-0.15, -0.1) is 34.8 Å². The van der Waals surface area contributed by atoms with Gasteiger partial charge in [0, 0.05) is 0 Å². The van der Waals surface area contributed by atoms with Crippen LogP contribution in [0.5, 0.6) is 0 Å². The van der Waals surface area contributed by atoms with Gasteiger partial charge in [0.1, 0.15) is 4.84 Å². The van der Waals surface area contributed by atoms with Crippen molar-refractivity contribution in [2.24, 2.45) is 0 Å². The zero-order valence-electron chi connectivity index (χ0n) is 5.02. The Bertz CT molecular complexity index is 76.6. The zero-order chi connectivity index (χ0) is 7.44. The maximum atomic E-state index is 9.00. The Balaban J connectivity index is 3.58. The van der Waals surface area contributed by atoms with Crippen molar-refractivity contribution >= 4 is 34.8 Å². The van der Waals surface area contributed by atoms with Crippen molar-refractivity contribution < 1.29 is 5.11 Å². The van der Waals surface area contributed by atoms with Crippen molar-refractivity contribution in [1.82, 2.24) is 0 Å². The topological polar surface area (TPSA) is 20.2 Å². The predicted octanol–water partition coefficient (Wildman–Crippen LogP) is 2.17. The molecule has 2 atom stereocenters. The molecule has 2 unspecified atom stereocenters. The van der Waals surface area contributed by atoms with Crippen LogP contribution < -0.4 is 0 Å². The lowest BCUT2D eigenvalue weighted by Crippen LogP contribution is -2.25. The Labute approximate surface area is 69.9 Å². The smallest absolute Gasteiger partial charge is 0.126 e. The van der Waals surface area contributed by atoms with Crippen molar-refractivity contribution in [3.05, 3.63) is 0 Å². The average molecular weight is 191 g/mol. The molecule has 1 nitrogen and oxygen atoms in total. The maximum Gasteiger partial charge on any atom is 0.126 e. The molecule has 0 saturated heterocycles. The lowest BCUT2D eigenvalue weighted by molar-refractivity contribution is 0.168. The molecule has 0 aliphatic rings. The normalized spacial score (nSPS) is 18.0. The van der Waals surface area contributed by atoms with Crippen molar-refractivity contribution in [2.45, 2.75) is 29.7 Å². The molecule has 0 fully saturated rings.